The first-order valence-corrected chi connectivity index (χ1v) is 9.96. The smallest absolute Gasteiger partial charge is 0.371 e. The highest BCUT2D eigenvalue weighted by Gasteiger charge is 2.32. The van der Waals surface area contributed by atoms with Crippen LogP contribution in [0.1, 0.15) is 65.7 Å². The summed E-state index contributed by atoms with van der Waals surface area (Å²) >= 11 is 0. The molecule has 0 aromatic heterocycles. The summed E-state index contributed by atoms with van der Waals surface area (Å²) in [6.07, 6.45) is 11.1. The van der Waals surface area contributed by atoms with E-state index in [9.17, 15) is 14.4 Å². The van der Waals surface area contributed by atoms with Crippen molar-refractivity contribution in [1.29, 1.82) is 0 Å². The van der Waals surface area contributed by atoms with Crippen molar-refractivity contribution in [2.75, 3.05) is 13.7 Å². The first-order valence-electron chi connectivity index (χ1n) is 9.96. The third-order valence-corrected chi connectivity index (χ3v) is 5.01. The minimum atomic E-state index is -1.25. The van der Waals surface area contributed by atoms with Gasteiger partial charge < -0.3 is 14.6 Å². The van der Waals surface area contributed by atoms with Gasteiger partial charge in [0.25, 0.3) is 0 Å². The number of carboxylic acids is 1. The van der Waals surface area contributed by atoms with Gasteiger partial charge in [0.05, 0.1) is 6.61 Å². The van der Waals surface area contributed by atoms with Crippen LogP contribution in [0.5, 0.6) is 0 Å². The largest absolute Gasteiger partial charge is 0.475 e. The number of allylic oxidation sites excluding steroid dienone is 3. The van der Waals surface area contributed by atoms with E-state index >= 15 is 0 Å². The number of methoxy groups -OCH3 is 1. The normalized spacial score (nSPS) is 20.7. The Morgan fingerprint density at radius 3 is 2.61 bits per heavy atom. The summed E-state index contributed by atoms with van der Waals surface area (Å²) in [5.41, 5.74) is 0.0828. The van der Waals surface area contributed by atoms with Crippen LogP contribution in [0, 0.1) is 17.3 Å². The number of carboxylic acid groups (broad SMARTS) is 1. The molecule has 0 radical (unpaired) electrons. The zero-order valence-electron chi connectivity index (χ0n) is 17.5. The molecule has 28 heavy (non-hydrogen) atoms. The summed E-state index contributed by atoms with van der Waals surface area (Å²) in [6, 6.07) is 0. The minimum Gasteiger partial charge on any atom is -0.475 e. The van der Waals surface area contributed by atoms with Crippen molar-refractivity contribution in [3.05, 3.63) is 24.0 Å². The monoisotopic (exact) mass is 394 g/mol. The molecule has 0 spiro atoms. The third-order valence-electron chi connectivity index (χ3n) is 5.01. The maximum Gasteiger partial charge on any atom is 0.371 e. The Kier molecular flexibility index (Phi) is 10.1. The van der Waals surface area contributed by atoms with E-state index in [2.05, 4.69) is 30.7 Å². The van der Waals surface area contributed by atoms with Crippen molar-refractivity contribution in [2.24, 2.45) is 17.3 Å². The lowest BCUT2D eigenvalue weighted by molar-refractivity contribution is -0.146. The predicted molar refractivity (Wildman–Crippen MR) is 107 cm³/mol. The van der Waals surface area contributed by atoms with Crippen molar-refractivity contribution in [3.8, 4) is 0 Å². The van der Waals surface area contributed by atoms with Crippen LogP contribution in [-0.2, 0) is 23.9 Å². The number of Topliss-reactive ketones (excluding diaryl/α,β-unsaturated/α-hetero) is 1. The van der Waals surface area contributed by atoms with Crippen molar-refractivity contribution in [3.63, 3.8) is 0 Å². The minimum absolute atomic E-state index is 0.0539. The maximum absolute atomic E-state index is 12.2. The number of hydrogen-bond donors (Lipinski definition) is 1. The van der Waals surface area contributed by atoms with Gasteiger partial charge in [0.2, 0.25) is 5.76 Å². The van der Waals surface area contributed by atoms with E-state index < -0.39 is 11.9 Å². The van der Waals surface area contributed by atoms with Crippen molar-refractivity contribution < 1.29 is 29.0 Å². The van der Waals surface area contributed by atoms with Gasteiger partial charge in [0, 0.05) is 26.4 Å². The van der Waals surface area contributed by atoms with E-state index in [0.29, 0.717) is 25.2 Å². The topological polar surface area (TPSA) is 89.9 Å². The van der Waals surface area contributed by atoms with Gasteiger partial charge in [-0.05, 0) is 49.5 Å². The first kappa shape index (κ1) is 24.1. The van der Waals surface area contributed by atoms with E-state index in [0.717, 1.165) is 32.1 Å². The van der Waals surface area contributed by atoms with Crippen LogP contribution in [0.2, 0.25) is 0 Å². The quantitative estimate of drug-likeness (QED) is 0.175. The number of carbonyl (C=O) groups excluding carboxylic acids is 2. The van der Waals surface area contributed by atoms with Crippen LogP contribution < -0.4 is 0 Å². The summed E-state index contributed by atoms with van der Waals surface area (Å²) in [5, 5.41) is 8.99. The number of unbranched alkanes of at least 4 members (excludes halogenated alkanes) is 2. The molecule has 0 aliphatic heterocycles. The lowest BCUT2D eigenvalue weighted by atomic mass is 9.87. The molecule has 0 aromatic carbocycles. The SMILES string of the molecule is COCC(C)(C)C/C=C/[C@H]1CCC(=O)[C@@H]1CCCC/C=C(\OC(C)=O)C(=O)O. The second-order valence-electron chi connectivity index (χ2n) is 8.26. The highest BCUT2D eigenvalue weighted by molar-refractivity contribution is 5.87. The Balaban J connectivity index is 2.47. The highest BCUT2D eigenvalue weighted by Crippen LogP contribution is 2.34. The molecule has 0 bridgehead atoms. The molecule has 1 aliphatic rings. The second-order valence-corrected chi connectivity index (χ2v) is 8.26. The Labute approximate surface area is 168 Å². The molecule has 6 nitrogen and oxygen atoms in total. The number of rotatable bonds is 12. The number of carbonyl (C=O) groups is 3. The highest BCUT2D eigenvalue weighted by atomic mass is 16.6. The molecule has 0 amide bonds. The lowest BCUT2D eigenvalue weighted by Crippen LogP contribution is -2.17. The van der Waals surface area contributed by atoms with E-state index in [1.165, 1.54) is 13.0 Å². The van der Waals surface area contributed by atoms with Gasteiger partial charge in [-0.1, -0.05) is 32.4 Å². The molecule has 1 saturated carbocycles. The Morgan fingerprint density at radius 2 is 2.00 bits per heavy atom. The average molecular weight is 395 g/mol. The molecule has 0 unspecified atom stereocenters. The average Bonchev–Trinajstić information content (AvgIpc) is 2.93. The van der Waals surface area contributed by atoms with E-state index in [1.807, 2.05) is 0 Å². The Morgan fingerprint density at radius 1 is 1.29 bits per heavy atom. The molecular formula is C22H34O6. The maximum atomic E-state index is 12.2. The van der Waals surface area contributed by atoms with Crippen LogP contribution in [0.15, 0.2) is 24.0 Å². The lowest BCUT2D eigenvalue weighted by Gasteiger charge is -2.22. The standard InChI is InChI=1S/C22H34O6/c1-16(23)28-20(21(25)26)11-7-5-6-10-18-17(12-13-19(18)24)9-8-14-22(2,3)15-27-4/h8-9,11,17-18H,5-7,10,12-15H2,1-4H3,(H,25,26)/b9-8+,20-11-/t17-,18+/m0/s1. The van der Waals surface area contributed by atoms with Crippen LogP contribution in [-0.4, -0.2) is 36.5 Å². The van der Waals surface area contributed by atoms with Gasteiger partial charge in [-0.3, -0.25) is 9.59 Å². The van der Waals surface area contributed by atoms with Crippen LogP contribution in [0.4, 0.5) is 0 Å². The number of ketones is 1. The van der Waals surface area contributed by atoms with Crippen LogP contribution >= 0.6 is 0 Å². The molecular weight excluding hydrogens is 360 g/mol. The molecule has 1 N–H and O–H groups in total. The third kappa shape index (κ3) is 8.83. The fourth-order valence-electron chi connectivity index (χ4n) is 3.62. The molecule has 158 valence electrons. The van der Waals surface area contributed by atoms with Gasteiger partial charge in [-0.2, -0.15) is 0 Å². The molecule has 6 heteroatoms. The Hall–Kier alpha value is -1.95. The Bertz CT molecular complexity index is 602. The fraction of sp³-hybridized carbons (Fsp3) is 0.682. The molecule has 1 fully saturated rings. The first-order chi connectivity index (χ1) is 13.2. The van der Waals surface area contributed by atoms with Crippen LogP contribution in [0.3, 0.4) is 0 Å². The van der Waals surface area contributed by atoms with E-state index in [-0.39, 0.29) is 23.0 Å². The molecule has 1 rings (SSSR count). The molecule has 2 atom stereocenters. The molecule has 0 aromatic rings. The van der Waals surface area contributed by atoms with Gasteiger partial charge in [0.15, 0.2) is 0 Å². The van der Waals surface area contributed by atoms with Crippen LogP contribution in [0.25, 0.3) is 0 Å². The van der Waals surface area contributed by atoms with Crippen molar-refractivity contribution in [2.45, 2.75) is 65.7 Å². The van der Waals surface area contributed by atoms with Gasteiger partial charge in [-0.25, -0.2) is 4.79 Å². The van der Waals surface area contributed by atoms with Gasteiger partial charge in [-0.15, -0.1) is 0 Å². The number of esters is 1. The van der Waals surface area contributed by atoms with Crippen molar-refractivity contribution in [1.82, 2.24) is 0 Å². The predicted octanol–water partition coefficient (Wildman–Crippen LogP) is 4.29. The van der Waals surface area contributed by atoms with Gasteiger partial charge in [0.1, 0.15) is 5.78 Å². The summed E-state index contributed by atoms with van der Waals surface area (Å²) in [5.74, 6) is -1.55. The molecule has 1 aliphatic carbocycles. The fourth-order valence-corrected chi connectivity index (χ4v) is 3.62. The van der Waals surface area contributed by atoms with Gasteiger partial charge >= 0.3 is 11.9 Å². The summed E-state index contributed by atoms with van der Waals surface area (Å²) in [4.78, 5) is 34.1. The second kappa shape index (κ2) is 11.8. The summed E-state index contributed by atoms with van der Waals surface area (Å²) in [7, 11) is 1.71. The molecule has 0 heterocycles. The zero-order valence-corrected chi connectivity index (χ0v) is 17.5. The summed E-state index contributed by atoms with van der Waals surface area (Å²) in [6.45, 7) is 6.19. The summed E-state index contributed by atoms with van der Waals surface area (Å²) < 4.78 is 9.90. The number of ether oxygens (including phenoxy) is 2. The van der Waals surface area contributed by atoms with E-state index in [4.69, 9.17) is 9.84 Å². The number of aliphatic carboxylic acids is 1. The zero-order chi connectivity index (χ0) is 21.2. The number of hydrogen-bond acceptors (Lipinski definition) is 5. The van der Waals surface area contributed by atoms with E-state index in [1.54, 1.807) is 7.11 Å². The molecule has 0 saturated heterocycles. The van der Waals surface area contributed by atoms with Crippen molar-refractivity contribution >= 4 is 17.7 Å².